The number of nitrogens with zero attached hydrogens (tertiary/aromatic N) is 1. The fourth-order valence-electron chi connectivity index (χ4n) is 2.75. The molecule has 1 aliphatic heterocycles. The number of methoxy groups -OCH3 is 1. The second-order valence-electron chi connectivity index (χ2n) is 5.36. The highest BCUT2D eigenvalue weighted by molar-refractivity contribution is 6.04. The molecule has 0 saturated heterocycles. The van der Waals surface area contributed by atoms with Crippen molar-refractivity contribution in [2.75, 3.05) is 23.9 Å². The smallest absolute Gasteiger partial charge is 0.244 e. The van der Waals surface area contributed by atoms with Crippen LogP contribution in [-0.2, 0) is 16.0 Å². The van der Waals surface area contributed by atoms with Gasteiger partial charge in [0, 0.05) is 12.1 Å². The summed E-state index contributed by atoms with van der Waals surface area (Å²) >= 11 is 0. The van der Waals surface area contributed by atoms with E-state index in [9.17, 15) is 9.59 Å². The Kier molecular flexibility index (Phi) is 4.28. The number of ether oxygens (including phenoxy) is 1. The van der Waals surface area contributed by atoms with Crippen LogP contribution in [0.1, 0.15) is 12.0 Å². The molecule has 1 aliphatic rings. The van der Waals surface area contributed by atoms with E-state index in [2.05, 4.69) is 5.32 Å². The van der Waals surface area contributed by atoms with Crippen LogP contribution in [0.3, 0.4) is 0 Å². The quantitative estimate of drug-likeness (QED) is 0.944. The fraction of sp³-hybridized carbons (Fsp3) is 0.222. The van der Waals surface area contributed by atoms with Gasteiger partial charge in [-0.05, 0) is 30.2 Å². The summed E-state index contributed by atoms with van der Waals surface area (Å²) in [6.45, 7) is -0.00606. The van der Waals surface area contributed by atoms with Crippen molar-refractivity contribution in [2.45, 2.75) is 12.8 Å². The van der Waals surface area contributed by atoms with Gasteiger partial charge in [-0.2, -0.15) is 0 Å². The lowest BCUT2D eigenvalue weighted by molar-refractivity contribution is -0.121. The van der Waals surface area contributed by atoms with Crippen molar-refractivity contribution in [1.82, 2.24) is 0 Å². The number of benzene rings is 2. The van der Waals surface area contributed by atoms with Crippen LogP contribution in [0.15, 0.2) is 48.5 Å². The number of hydrogen-bond donors (Lipinski definition) is 1. The lowest BCUT2D eigenvalue weighted by atomic mass is 10.0. The van der Waals surface area contributed by atoms with Crippen LogP contribution in [0.25, 0.3) is 0 Å². The number of aryl methyl sites for hydroxylation is 1. The van der Waals surface area contributed by atoms with E-state index in [-0.39, 0.29) is 18.4 Å². The summed E-state index contributed by atoms with van der Waals surface area (Å²) in [6.07, 6.45) is 1.15. The van der Waals surface area contributed by atoms with E-state index >= 15 is 0 Å². The van der Waals surface area contributed by atoms with Crippen LogP contribution in [0.4, 0.5) is 11.4 Å². The maximum absolute atomic E-state index is 12.3. The standard InChI is InChI=1S/C18H18N2O3/c1-23-16-9-5-3-7-14(16)19-17(21)12-20-15-8-4-2-6-13(15)10-11-18(20)22/h2-9H,10-12H2,1H3,(H,19,21). The van der Waals surface area contributed by atoms with Crippen LogP contribution >= 0.6 is 0 Å². The molecule has 0 aliphatic carbocycles. The van der Waals surface area contributed by atoms with Crippen molar-refractivity contribution in [1.29, 1.82) is 0 Å². The lowest BCUT2D eigenvalue weighted by Gasteiger charge is -2.28. The topological polar surface area (TPSA) is 58.6 Å². The Hall–Kier alpha value is -2.82. The van der Waals surface area contributed by atoms with E-state index in [4.69, 9.17) is 4.74 Å². The third-order valence-corrected chi connectivity index (χ3v) is 3.87. The summed E-state index contributed by atoms with van der Waals surface area (Å²) in [5, 5.41) is 2.80. The van der Waals surface area contributed by atoms with Gasteiger partial charge in [-0.25, -0.2) is 0 Å². The molecule has 0 bridgehead atoms. The lowest BCUT2D eigenvalue weighted by Crippen LogP contribution is -2.40. The fourth-order valence-corrected chi connectivity index (χ4v) is 2.75. The summed E-state index contributed by atoms with van der Waals surface area (Å²) in [6, 6.07) is 14.9. The predicted octanol–water partition coefficient (Wildman–Crippen LogP) is 2.61. The van der Waals surface area contributed by atoms with Crippen LogP contribution in [0.5, 0.6) is 5.75 Å². The summed E-state index contributed by atoms with van der Waals surface area (Å²) in [7, 11) is 1.55. The van der Waals surface area contributed by atoms with Crippen molar-refractivity contribution in [2.24, 2.45) is 0 Å². The number of carbonyl (C=O) groups excluding carboxylic acids is 2. The normalized spacial score (nSPS) is 13.4. The third kappa shape index (κ3) is 3.18. The third-order valence-electron chi connectivity index (χ3n) is 3.87. The summed E-state index contributed by atoms with van der Waals surface area (Å²) in [5.74, 6) is 0.310. The van der Waals surface area contributed by atoms with Crippen molar-refractivity contribution in [3.63, 3.8) is 0 Å². The van der Waals surface area contributed by atoms with Gasteiger partial charge in [0.05, 0.1) is 12.8 Å². The highest BCUT2D eigenvalue weighted by Crippen LogP contribution is 2.28. The first kappa shape index (κ1) is 15.1. The van der Waals surface area contributed by atoms with Crippen LogP contribution in [0.2, 0.25) is 0 Å². The highest BCUT2D eigenvalue weighted by Gasteiger charge is 2.25. The molecule has 0 unspecified atom stereocenters. The number of carbonyl (C=O) groups is 2. The average Bonchev–Trinajstić information content (AvgIpc) is 2.58. The number of para-hydroxylation sites is 3. The van der Waals surface area contributed by atoms with Gasteiger partial charge in [0.2, 0.25) is 11.8 Å². The Balaban J connectivity index is 1.76. The van der Waals surface area contributed by atoms with Gasteiger partial charge in [0.15, 0.2) is 0 Å². The van der Waals surface area contributed by atoms with Crippen molar-refractivity contribution >= 4 is 23.2 Å². The summed E-state index contributed by atoms with van der Waals surface area (Å²) in [5.41, 5.74) is 2.51. The number of rotatable bonds is 4. The maximum atomic E-state index is 12.3. The van der Waals surface area contributed by atoms with E-state index in [1.165, 1.54) is 0 Å². The highest BCUT2D eigenvalue weighted by atomic mass is 16.5. The second-order valence-corrected chi connectivity index (χ2v) is 5.36. The Labute approximate surface area is 134 Å². The minimum absolute atomic E-state index is 0.00606. The molecule has 5 nitrogen and oxygen atoms in total. The van der Waals surface area contributed by atoms with Gasteiger partial charge >= 0.3 is 0 Å². The molecule has 23 heavy (non-hydrogen) atoms. The van der Waals surface area contributed by atoms with Crippen molar-refractivity contribution in [3.05, 3.63) is 54.1 Å². The molecular formula is C18H18N2O3. The van der Waals surface area contributed by atoms with Gasteiger partial charge in [0.1, 0.15) is 12.3 Å². The number of hydrogen-bond acceptors (Lipinski definition) is 3. The molecule has 5 heteroatoms. The predicted molar refractivity (Wildman–Crippen MR) is 88.7 cm³/mol. The van der Waals surface area contributed by atoms with E-state index < -0.39 is 0 Å². The zero-order valence-corrected chi connectivity index (χ0v) is 12.9. The van der Waals surface area contributed by atoms with Crippen molar-refractivity contribution in [3.8, 4) is 5.75 Å². The molecule has 1 N–H and O–H groups in total. The summed E-state index contributed by atoms with van der Waals surface area (Å²) in [4.78, 5) is 26.1. The van der Waals surface area contributed by atoms with E-state index in [1.54, 1.807) is 24.1 Å². The number of fused-ring (bicyclic) bond motifs is 1. The van der Waals surface area contributed by atoms with Gasteiger partial charge in [-0.3, -0.25) is 9.59 Å². The Morgan fingerprint density at radius 3 is 2.70 bits per heavy atom. The first-order valence-corrected chi connectivity index (χ1v) is 7.50. The van der Waals surface area contributed by atoms with E-state index in [1.807, 2.05) is 36.4 Å². The molecule has 2 amide bonds. The average molecular weight is 310 g/mol. The first-order chi connectivity index (χ1) is 11.2. The minimum Gasteiger partial charge on any atom is -0.495 e. The number of anilines is 2. The van der Waals surface area contributed by atoms with Gasteiger partial charge in [0.25, 0.3) is 0 Å². The minimum atomic E-state index is -0.250. The molecule has 3 rings (SSSR count). The van der Waals surface area contributed by atoms with E-state index in [0.717, 1.165) is 17.7 Å². The second kappa shape index (κ2) is 6.52. The Morgan fingerprint density at radius 1 is 1.13 bits per heavy atom. The number of amides is 2. The van der Waals surface area contributed by atoms with Crippen LogP contribution in [-0.4, -0.2) is 25.5 Å². The van der Waals surface area contributed by atoms with Gasteiger partial charge in [-0.15, -0.1) is 0 Å². The maximum Gasteiger partial charge on any atom is 0.244 e. The van der Waals surface area contributed by atoms with Crippen LogP contribution in [0, 0.1) is 0 Å². The van der Waals surface area contributed by atoms with Gasteiger partial charge < -0.3 is 15.0 Å². The SMILES string of the molecule is COc1ccccc1NC(=O)CN1C(=O)CCc2ccccc21. The molecule has 0 spiro atoms. The monoisotopic (exact) mass is 310 g/mol. The summed E-state index contributed by atoms with van der Waals surface area (Å²) < 4.78 is 5.22. The molecule has 0 radical (unpaired) electrons. The van der Waals surface area contributed by atoms with Crippen molar-refractivity contribution < 1.29 is 14.3 Å². The molecular weight excluding hydrogens is 292 g/mol. The zero-order valence-electron chi connectivity index (χ0n) is 12.9. The molecule has 0 saturated carbocycles. The molecule has 2 aromatic carbocycles. The van der Waals surface area contributed by atoms with E-state index in [0.29, 0.717) is 17.9 Å². The molecule has 0 atom stereocenters. The van der Waals surface area contributed by atoms with Gasteiger partial charge in [-0.1, -0.05) is 30.3 Å². The Bertz CT molecular complexity index is 743. The first-order valence-electron chi connectivity index (χ1n) is 7.50. The largest absolute Gasteiger partial charge is 0.495 e. The molecule has 2 aromatic rings. The zero-order chi connectivity index (χ0) is 16.2. The molecule has 0 fully saturated rings. The molecule has 1 heterocycles. The van der Waals surface area contributed by atoms with Crippen LogP contribution < -0.4 is 15.0 Å². The molecule has 118 valence electrons. The number of nitrogens with one attached hydrogen (secondary N) is 1. The Morgan fingerprint density at radius 2 is 1.87 bits per heavy atom. The molecule has 0 aromatic heterocycles.